The van der Waals surface area contributed by atoms with Crippen molar-refractivity contribution in [2.75, 3.05) is 0 Å². The Kier molecular flexibility index (Phi) is 9.04. The van der Waals surface area contributed by atoms with E-state index in [0.29, 0.717) is 22.8 Å². The summed E-state index contributed by atoms with van der Waals surface area (Å²) in [5, 5.41) is 19.7. The maximum absolute atomic E-state index is 13.7. The van der Waals surface area contributed by atoms with Crippen LogP contribution in [0, 0.1) is 37.5 Å². The first-order chi connectivity index (χ1) is 20.1. The van der Waals surface area contributed by atoms with Crippen LogP contribution in [-0.4, -0.2) is 29.8 Å². The molecule has 0 aliphatic heterocycles. The summed E-state index contributed by atoms with van der Waals surface area (Å²) in [6.07, 6.45) is 0. The topological polar surface area (TPSA) is 93.1 Å². The lowest BCUT2D eigenvalue weighted by Crippen LogP contribution is -2.14. The van der Waals surface area contributed by atoms with Crippen LogP contribution in [0.5, 0.6) is 23.0 Å². The van der Waals surface area contributed by atoms with Gasteiger partial charge >= 0.3 is 0 Å². The highest BCUT2D eigenvalue weighted by molar-refractivity contribution is 7.91. The molecule has 0 aliphatic carbocycles. The van der Waals surface area contributed by atoms with Gasteiger partial charge in [-0.3, -0.25) is 0 Å². The fourth-order valence-electron chi connectivity index (χ4n) is 3.95. The van der Waals surface area contributed by atoms with Crippen LogP contribution >= 0.6 is 0 Å². The summed E-state index contributed by atoms with van der Waals surface area (Å²) in [4.78, 5) is 0.131. The van der Waals surface area contributed by atoms with E-state index in [0.717, 1.165) is 16.7 Å². The summed E-state index contributed by atoms with van der Waals surface area (Å²) in [5.74, 6) is 13.2. The average molecular weight is 595 g/mol. The smallest absolute Gasteiger partial charge is 0.210 e. The molecule has 4 aromatic carbocycles. The van der Waals surface area contributed by atoms with E-state index < -0.39 is 21.0 Å². The van der Waals surface area contributed by atoms with Gasteiger partial charge in [-0.2, -0.15) is 0 Å². The minimum atomic E-state index is -3.92. The number of hydrogen-bond donors (Lipinski definition) is 2. The fourth-order valence-corrected chi connectivity index (χ4v) is 5.33. The second-order valence-electron chi connectivity index (χ2n) is 11.2. The second kappa shape index (κ2) is 12.4. The Morgan fingerprint density at radius 1 is 0.628 bits per heavy atom. The Balaban J connectivity index is 1.54. The molecule has 0 spiro atoms. The zero-order valence-corrected chi connectivity index (χ0v) is 25.8. The molecule has 0 aromatic heterocycles. The Hall–Kier alpha value is -4.53. The van der Waals surface area contributed by atoms with Crippen LogP contribution in [0.1, 0.15) is 49.9 Å². The molecule has 220 valence electrons. The monoisotopic (exact) mass is 594 g/mol. The zero-order chi connectivity index (χ0) is 31.4. The van der Waals surface area contributed by atoms with Crippen LogP contribution in [0.3, 0.4) is 0 Å². The van der Waals surface area contributed by atoms with E-state index in [1.54, 1.807) is 82.3 Å². The van der Waals surface area contributed by atoms with Gasteiger partial charge in [0.1, 0.15) is 39.1 Å². The van der Waals surface area contributed by atoms with E-state index in [-0.39, 0.29) is 15.5 Å². The summed E-state index contributed by atoms with van der Waals surface area (Å²) in [6.45, 7) is 10.2. The Morgan fingerprint density at radius 3 is 1.60 bits per heavy atom. The molecule has 0 atom stereocenters. The highest BCUT2D eigenvalue weighted by atomic mass is 32.2. The number of ether oxygens (including phenoxy) is 2. The first-order valence-corrected chi connectivity index (χ1v) is 15.1. The van der Waals surface area contributed by atoms with Crippen molar-refractivity contribution in [3.05, 3.63) is 107 Å². The molecule has 7 heteroatoms. The number of hydrogen-bond acceptors (Lipinski definition) is 6. The van der Waals surface area contributed by atoms with Crippen molar-refractivity contribution in [3.63, 3.8) is 0 Å². The molecule has 43 heavy (non-hydrogen) atoms. The number of rotatable bonds is 6. The molecule has 0 saturated carbocycles. The predicted molar refractivity (Wildman–Crippen MR) is 167 cm³/mol. The van der Waals surface area contributed by atoms with Crippen molar-refractivity contribution in [3.8, 4) is 46.7 Å². The summed E-state index contributed by atoms with van der Waals surface area (Å²) in [5.41, 5.74) is 0.874. The molecule has 0 radical (unpaired) electrons. The molecule has 0 heterocycles. The fraction of sp³-hybridized carbons (Fsp3) is 0.222. The number of aliphatic hydroxyl groups is 2. The average Bonchev–Trinajstić information content (AvgIpc) is 2.93. The van der Waals surface area contributed by atoms with Crippen molar-refractivity contribution in [1.82, 2.24) is 0 Å². The van der Waals surface area contributed by atoms with E-state index in [9.17, 15) is 18.6 Å². The van der Waals surface area contributed by atoms with Gasteiger partial charge in [0.05, 0.1) is 4.90 Å². The summed E-state index contributed by atoms with van der Waals surface area (Å²) in [6, 6.07) is 23.5. The summed E-state index contributed by atoms with van der Waals surface area (Å²) in [7, 11) is -3.92. The molecule has 4 rings (SSSR count). The molecule has 0 aliphatic rings. The molecule has 0 saturated heterocycles. The van der Waals surface area contributed by atoms with Crippen LogP contribution in [0.15, 0.2) is 94.7 Å². The zero-order valence-electron chi connectivity index (χ0n) is 25.0. The lowest BCUT2D eigenvalue weighted by atomic mass is 10.1. The van der Waals surface area contributed by atoms with Gasteiger partial charge in [0.2, 0.25) is 9.84 Å². The highest BCUT2D eigenvalue weighted by Crippen LogP contribution is 2.35. The normalized spacial score (nSPS) is 11.5. The quantitative estimate of drug-likeness (QED) is 0.234. The van der Waals surface area contributed by atoms with Crippen LogP contribution in [-0.2, 0) is 9.84 Å². The SMILES string of the molecule is Cc1cc(C#CC(C)(C)O)ccc1Oc1ccc(S(=O)(=O)c2ccccc2Oc2ccc(C#CC(C)(C)O)cc2C)cc1. The van der Waals surface area contributed by atoms with Gasteiger partial charge in [-0.25, -0.2) is 8.42 Å². The molecule has 2 N–H and O–H groups in total. The maximum Gasteiger partial charge on any atom is 0.210 e. The second-order valence-corrected chi connectivity index (χ2v) is 13.1. The van der Waals surface area contributed by atoms with Gasteiger partial charge in [-0.1, -0.05) is 35.8 Å². The van der Waals surface area contributed by atoms with Crippen molar-refractivity contribution in [2.45, 2.75) is 62.5 Å². The lowest BCUT2D eigenvalue weighted by Gasteiger charge is -2.14. The first-order valence-electron chi connectivity index (χ1n) is 13.6. The van der Waals surface area contributed by atoms with E-state index in [1.165, 1.54) is 18.2 Å². The summed E-state index contributed by atoms with van der Waals surface area (Å²) < 4.78 is 39.4. The predicted octanol–water partition coefficient (Wildman–Crippen LogP) is 6.97. The van der Waals surface area contributed by atoms with Gasteiger partial charge in [0, 0.05) is 11.1 Å². The van der Waals surface area contributed by atoms with Gasteiger partial charge in [0.15, 0.2) is 0 Å². The van der Waals surface area contributed by atoms with E-state index in [2.05, 4.69) is 23.7 Å². The number of benzene rings is 4. The van der Waals surface area contributed by atoms with E-state index in [4.69, 9.17) is 9.47 Å². The molecule has 0 fully saturated rings. The molecule has 0 bridgehead atoms. The third-order valence-electron chi connectivity index (χ3n) is 6.10. The van der Waals surface area contributed by atoms with E-state index >= 15 is 0 Å². The Morgan fingerprint density at radius 2 is 1.12 bits per heavy atom. The van der Waals surface area contributed by atoms with Crippen molar-refractivity contribution >= 4 is 9.84 Å². The van der Waals surface area contributed by atoms with Crippen LogP contribution < -0.4 is 9.47 Å². The number of sulfone groups is 1. The van der Waals surface area contributed by atoms with Crippen LogP contribution in [0.25, 0.3) is 0 Å². The molecule has 4 aromatic rings. The van der Waals surface area contributed by atoms with Crippen LogP contribution in [0.2, 0.25) is 0 Å². The molecule has 0 unspecified atom stereocenters. The highest BCUT2D eigenvalue weighted by Gasteiger charge is 2.23. The van der Waals surface area contributed by atoms with Gasteiger partial charge in [0.25, 0.3) is 0 Å². The summed E-state index contributed by atoms with van der Waals surface area (Å²) >= 11 is 0. The van der Waals surface area contributed by atoms with Gasteiger partial charge in [-0.15, -0.1) is 0 Å². The van der Waals surface area contributed by atoms with Gasteiger partial charge in [-0.05, 0) is 125 Å². The minimum absolute atomic E-state index is 0.0348. The van der Waals surface area contributed by atoms with Crippen molar-refractivity contribution in [2.24, 2.45) is 0 Å². The molecular formula is C36H34O6S. The first kappa shape index (κ1) is 31.4. The maximum atomic E-state index is 13.7. The van der Waals surface area contributed by atoms with Crippen molar-refractivity contribution < 1.29 is 28.1 Å². The standard InChI is InChI=1S/C36H34O6S/c1-25-23-27(19-21-35(3,4)37)11-17-31(25)41-29-13-15-30(16-14-29)43(39,40)34-10-8-7-9-33(34)42-32-18-12-28(24-26(32)2)20-22-36(5,6)38/h7-18,23-24,37-38H,1-6H3. The Bertz CT molecular complexity index is 1870. The lowest BCUT2D eigenvalue weighted by molar-refractivity contribution is 0.143. The van der Waals surface area contributed by atoms with Crippen molar-refractivity contribution in [1.29, 1.82) is 0 Å². The minimum Gasteiger partial charge on any atom is -0.457 e. The van der Waals surface area contributed by atoms with E-state index in [1.807, 2.05) is 26.0 Å². The third kappa shape index (κ3) is 8.50. The molecular weight excluding hydrogens is 560 g/mol. The number of para-hydroxylation sites is 1. The number of aryl methyl sites for hydroxylation is 2. The Labute approximate surface area is 253 Å². The third-order valence-corrected chi connectivity index (χ3v) is 7.90. The largest absolute Gasteiger partial charge is 0.457 e. The van der Waals surface area contributed by atoms with Crippen LogP contribution in [0.4, 0.5) is 0 Å². The molecule has 6 nitrogen and oxygen atoms in total. The molecule has 0 amide bonds. The van der Waals surface area contributed by atoms with Gasteiger partial charge < -0.3 is 19.7 Å².